The molecule has 1 aromatic carbocycles. The molecule has 0 aliphatic carbocycles. The van der Waals surface area contributed by atoms with Gasteiger partial charge in [0.25, 0.3) is 10.0 Å². The molecular weight excluding hydrogens is 380 g/mol. The van der Waals surface area contributed by atoms with E-state index in [1.807, 2.05) is 6.07 Å². The molecule has 0 unspecified atom stereocenters. The molecule has 0 aliphatic rings. The zero-order valence-electron chi connectivity index (χ0n) is 10.2. The molecule has 0 fully saturated rings. The van der Waals surface area contributed by atoms with Crippen LogP contribution in [-0.4, -0.2) is 19.5 Å². The highest BCUT2D eigenvalue weighted by Crippen LogP contribution is 2.29. The van der Waals surface area contributed by atoms with E-state index in [0.717, 1.165) is 11.3 Å². The van der Waals surface area contributed by atoms with Crippen LogP contribution in [0.25, 0.3) is 0 Å². The number of carboxylic acids is 1. The first-order chi connectivity index (χ1) is 9.85. The van der Waals surface area contributed by atoms with Crippen LogP contribution in [0.15, 0.2) is 39.0 Å². The Morgan fingerprint density at radius 3 is 2.67 bits per heavy atom. The van der Waals surface area contributed by atoms with Crippen molar-refractivity contribution in [1.82, 2.24) is 0 Å². The van der Waals surface area contributed by atoms with E-state index >= 15 is 0 Å². The van der Waals surface area contributed by atoms with Gasteiger partial charge in [0.15, 0.2) is 0 Å². The summed E-state index contributed by atoms with van der Waals surface area (Å²) in [4.78, 5) is 10.7. The Labute approximate surface area is 132 Å². The van der Waals surface area contributed by atoms with Gasteiger partial charge in [-0.25, -0.2) is 13.2 Å². The Bertz CT molecular complexity index is 852. The molecule has 21 heavy (non-hydrogen) atoms. The van der Waals surface area contributed by atoms with E-state index in [1.165, 1.54) is 24.3 Å². The summed E-state index contributed by atoms with van der Waals surface area (Å²) in [6, 6.07) is 6.98. The first-order valence-corrected chi connectivity index (χ1v) is 8.54. The number of hydrogen-bond donors (Lipinski definition) is 2. The molecule has 0 saturated carbocycles. The zero-order valence-corrected chi connectivity index (χ0v) is 13.4. The maximum atomic E-state index is 12.3. The van der Waals surface area contributed by atoms with Gasteiger partial charge in [0.2, 0.25) is 0 Å². The number of sulfonamides is 1. The summed E-state index contributed by atoms with van der Waals surface area (Å²) in [5, 5.41) is 19.5. The Kier molecular flexibility index (Phi) is 4.32. The van der Waals surface area contributed by atoms with Gasteiger partial charge in [0.05, 0.1) is 11.1 Å². The number of nitriles is 1. The number of anilines is 1. The second-order valence-electron chi connectivity index (χ2n) is 3.83. The fraction of sp³-hybridized carbons (Fsp3) is 0. The summed E-state index contributed by atoms with van der Waals surface area (Å²) < 4.78 is 27.0. The third-order valence-electron chi connectivity index (χ3n) is 2.48. The van der Waals surface area contributed by atoms with Crippen LogP contribution < -0.4 is 4.72 Å². The van der Waals surface area contributed by atoms with Gasteiger partial charge < -0.3 is 5.11 Å². The maximum absolute atomic E-state index is 12.3. The van der Waals surface area contributed by atoms with Gasteiger partial charge in [-0.15, -0.1) is 11.3 Å². The average Bonchev–Trinajstić information content (AvgIpc) is 2.84. The van der Waals surface area contributed by atoms with Gasteiger partial charge in [-0.05, 0) is 45.6 Å². The van der Waals surface area contributed by atoms with Crippen LogP contribution in [0.4, 0.5) is 5.00 Å². The quantitative estimate of drug-likeness (QED) is 0.839. The number of rotatable bonds is 4. The highest BCUT2D eigenvalue weighted by Gasteiger charge is 2.21. The molecule has 0 atom stereocenters. The third kappa shape index (κ3) is 3.24. The first kappa shape index (κ1) is 15.5. The smallest absolute Gasteiger partial charge is 0.335 e. The van der Waals surface area contributed by atoms with Crippen molar-refractivity contribution in [2.24, 2.45) is 0 Å². The fourth-order valence-electron chi connectivity index (χ4n) is 1.51. The topological polar surface area (TPSA) is 107 Å². The lowest BCUT2D eigenvalue weighted by molar-refractivity contribution is 0.0696. The molecule has 0 bridgehead atoms. The molecule has 0 amide bonds. The Morgan fingerprint density at radius 1 is 1.38 bits per heavy atom. The predicted octanol–water partition coefficient (Wildman–Crippen LogP) is 2.88. The SMILES string of the molecule is N#Cc1ccsc1NS(=O)(=O)c1ccc(C(=O)O)cc1Br. The van der Waals surface area contributed by atoms with Crippen molar-refractivity contribution >= 4 is 48.3 Å². The predicted molar refractivity (Wildman–Crippen MR) is 80.9 cm³/mol. The lowest BCUT2D eigenvalue weighted by Crippen LogP contribution is -2.14. The van der Waals surface area contributed by atoms with Gasteiger partial charge in [-0.1, -0.05) is 0 Å². The molecule has 2 N–H and O–H groups in total. The van der Waals surface area contributed by atoms with Crippen LogP contribution in [0.5, 0.6) is 0 Å². The minimum absolute atomic E-state index is 0.0327. The number of benzene rings is 1. The number of carboxylic acid groups (broad SMARTS) is 1. The normalized spacial score (nSPS) is 10.9. The minimum atomic E-state index is -3.92. The van der Waals surface area contributed by atoms with Crippen LogP contribution in [-0.2, 0) is 10.0 Å². The molecule has 9 heteroatoms. The van der Waals surface area contributed by atoms with E-state index in [1.54, 1.807) is 5.38 Å². The van der Waals surface area contributed by atoms with Gasteiger partial charge in [0.1, 0.15) is 16.0 Å². The molecular formula is C12H7BrN2O4S2. The third-order valence-corrected chi connectivity index (χ3v) is 5.77. The van der Waals surface area contributed by atoms with Crippen molar-refractivity contribution in [2.45, 2.75) is 4.90 Å². The molecule has 1 aromatic heterocycles. The molecule has 0 radical (unpaired) electrons. The van der Waals surface area contributed by atoms with E-state index in [4.69, 9.17) is 10.4 Å². The number of halogens is 1. The molecule has 108 valence electrons. The van der Waals surface area contributed by atoms with Crippen LogP contribution in [0.1, 0.15) is 15.9 Å². The first-order valence-electron chi connectivity index (χ1n) is 5.38. The van der Waals surface area contributed by atoms with Gasteiger partial charge >= 0.3 is 5.97 Å². The number of aromatic carboxylic acids is 1. The van der Waals surface area contributed by atoms with E-state index < -0.39 is 16.0 Å². The summed E-state index contributed by atoms with van der Waals surface area (Å²) in [5.41, 5.74) is 0.191. The molecule has 2 aromatic rings. The van der Waals surface area contributed by atoms with E-state index in [0.29, 0.717) is 0 Å². The largest absolute Gasteiger partial charge is 0.478 e. The second kappa shape index (κ2) is 5.85. The van der Waals surface area contributed by atoms with Crippen molar-refractivity contribution in [3.8, 4) is 6.07 Å². The van der Waals surface area contributed by atoms with E-state index in [-0.39, 0.29) is 25.5 Å². The number of carbonyl (C=O) groups is 1. The highest BCUT2D eigenvalue weighted by molar-refractivity contribution is 9.10. The summed E-state index contributed by atoms with van der Waals surface area (Å²) >= 11 is 4.13. The summed E-state index contributed by atoms with van der Waals surface area (Å²) in [6.07, 6.45) is 0. The number of hydrogen-bond acceptors (Lipinski definition) is 5. The Balaban J connectivity index is 2.41. The van der Waals surface area contributed by atoms with Crippen LogP contribution in [0.2, 0.25) is 0 Å². The summed E-state index contributed by atoms with van der Waals surface area (Å²) in [5.74, 6) is -1.15. The average molecular weight is 387 g/mol. The van der Waals surface area contributed by atoms with Gasteiger partial charge in [-0.3, -0.25) is 4.72 Å². The van der Waals surface area contributed by atoms with Crippen LogP contribution in [0, 0.1) is 11.3 Å². The second-order valence-corrected chi connectivity index (χ2v) is 7.25. The van der Waals surface area contributed by atoms with Crippen molar-refractivity contribution in [1.29, 1.82) is 5.26 Å². The molecule has 0 spiro atoms. The van der Waals surface area contributed by atoms with E-state index in [2.05, 4.69) is 20.7 Å². The summed E-state index contributed by atoms with van der Waals surface area (Å²) in [6.45, 7) is 0. The number of nitrogens with zero attached hydrogens (tertiary/aromatic N) is 1. The van der Waals surface area contributed by atoms with Crippen LogP contribution in [0.3, 0.4) is 0 Å². The number of nitrogens with one attached hydrogen (secondary N) is 1. The van der Waals surface area contributed by atoms with Crippen LogP contribution >= 0.6 is 27.3 Å². The standard InChI is InChI=1S/C12H7BrN2O4S2/c13-9-5-7(12(16)17)1-2-10(9)21(18,19)15-11-8(6-14)3-4-20-11/h1-5,15H,(H,16,17). The molecule has 1 heterocycles. The fourth-order valence-corrected chi connectivity index (χ4v) is 4.65. The Hall–Kier alpha value is -1.89. The zero-order chi connectivity index (χ0) is 15.6. The maximum Gasteiger partial charge on any atom is 0.335 e. The molecule has 2 rings (SSSR count). The number of thiophene rings is 1. The summed E-state index contributed by atoms with van der Waals surface area (Å²) in [7, 11) is -3.92. The van der Waals surface area contributed by atoms with Crippen molar-refractivity contribution in [2.75, 3.05) is 4.72 Å². The molecule has 0 aliphatic heterocycles. The van der Waals surface area contributed by atoms with Crippen molar-refractivity contribution < 1.29 is 18.3 Å². The monoisotopic (exact) mass is 386 g/mol. The lowest BCUT2D eigenvalue weighted by Gasteiger charge is -2.09. The van der Waals surface area contributed by atoms with Crippen molar-refractivity contribution in [3.05, 3.63) is 45.2 Å². The molecule has 0 saturated heterocycles. The van der Waals surface area contributed by atoms with Gasteiger partial charge in [0, 0.05) is 4.47 Å². The van der Waals surface area contributed by atoms with Crippen molar-refractivity contribution in [3.63, 3.8) is 0 Å². The highest BCUT2D eigenvalue weighted by atomic mass is 79.9. The minimum Gasteiger partial charge on any atom is -0.478 e. The van der Waals surface area contributed by atoms with E-state index in [9.17, 15) is 13.2 Å². The Morgan fingerprint density at radius 2 is 2.10 bits per heavy atom. The molecule has 6 nitrogen and oxygen atoms in total. The lowest BCUT2D eigenvalue weighted by atomic mass is 10.2. The van der Waals surface area contributed by atoms with Gasteiger partial charge in [-0.2, -0.15) is 5.26 Å².